The smallest absolute Gasteiger partial charge is 0.271 e. The number of pyridine rings is 1. The van der Waals surface area contributed by atoms with Crippen molar-refractivity contribution in [3.8, 4) is 6.07 Å². The monoisotopic (exact) mass is 227 g/mol. The molecule has 1 atom stereocenters. The van der Waals surface area contributed by atoms with Crippen LogP contribution in [0.4, 0.5) is 0 Å². The highest BCUT2D eigenvalue weighted by molar-refractivity contribution is 5.31. The van der Waals surface area contributed by atoms with E-state index < -0.39 is 0 Å². The number of nitrogens with zero attached hydrogens (tertiary/aromatic N) is 4. The summed E-state index contributed by atoms with van der Waals surface area (Å²) >= 11 is 0. The van der Waals surface area contributed by atoms with E-state index in [-0.39, 0.29) is 11.7 Å². The van der Waals surface area contributed by atoms with Crippen LogP contribution in [0.25, 0.3) is 0 Å². The minimum Gasteiger partial charge on any atom is -0.271 e. The lowest BCUT2D eigenvalue weighted by Crippen LogP contribution is -2.20. The third-order valence-corrected chi connectivity index (χ3v) is 3.00. The maximum absolute atomic E-state index is 11.6. The number of hydrogen-bond donors (Lipinski definition) is 1. The van der Waals surface area contributed by atoms with Crippen molar-refractivity contribution in [2.45, 2.75) is 18.9 Å². The number of aromatic amines is 1. The Bertz CT molecular complexity index is 663. The molecule has 0 aliphatic carbocycles. The summed E-state index contributed by atoms with van der Waals surface area (Å²) in [4.78, 5) is 15.6. The molecule has 1 N–H and O–H groups in total. The lowest BCUT2D eigenvalue weighted by atomic mass is 10.1. The molecule has 0 radical (unpaired) electrons. The Hall–Kier alpha value is -2.42. The van der Waals surface area contributed by atoms with Gasteiger partial charge in [0.15, 0.2) is 0 Å². The molecule has 3 heterocycles. The zero-order valence-electron chi connectivity index (χ0n) is 8.92. The standard InChI is InChI=1S/C11H9N5O/c12-4-7-3-8(6-13-5-7)9-1-2-10-14-15-11(17)16(9)10/h3,5-6,9H,1-2H2,(H,15,17). The van der Waals surface area contributed by atoms with E-state index in [1.54, 1.807) is 16.8 Å². The SMILES string of the molecule is N#Cc1cncc(C2CCc3n[nH]c(=O)n32)c1. The second kappa shape index (κ2) is 3.56. The number of fused-ring (bicyclic) bond motifs is 1. The Morgan fingerprint density at radius 3 is 3.24 bits per heavy atom. The Kier molecular flexibility index (Phi) is 2.05. The number of aryl methyl sites for hydroxylation is 1. The van der Waals surface area contributed by atoms with Crippen molar-refractivity contribution >= 4 is 0 Å². The predicted molar refractivity (Wildman–Crippen MR) is 58.3 cm³/mol. The summed E-state index contributed by atoms with van der Waals surface area (Å²) < 4.78 is 1.64. The van der Waals surface area contributed by atoms with Crippen LogP contribution in [0.3, 0.4) is 0 Å². The molecule has 0 saturated heterocycles. The second-order valence-corrected chi connectivity index (χ2v) is 3.99. The first-order valence-electron chi connectivity index (χ1n) is 5.30. The first-order valence-corrected chi connectivity index (χ1v) is 5.30. The van der Waals surface area contributed by atoms with Crippen LogP contribution in [0.5, 0.6) is 0 Å². The normalized spacial score (nSPS) is 17.7. The molecule has 6 heteroatoms. The Balaban J connectivity index is 2.10. The van der Waals surface area contributed by atoms with Gasteiger partial charge in [0.05, 0.1) is 11.6 Å². The van der Waals surface area contributed by atoms with Gasteiger partial charge in [0, 0.05) is 18.8 Å². The van der Waals surface area contributed by atoms with Gasteiger partial charge in [-0.1, -0.05) is 0 Å². The summed E-state index contributed by atoms with van der Waals surface area (Å²) in [6.07, 6.45) is 4.79. The molecule has 0 bridgehead atoms. The van der Waals surface area contributed by atoms with Gasteiger partial charge in [-0.25, -0.2) is 9.89 Å². The van der Waals surface area contributed by atoms with E-state index in [4.69, 9.17) is 5.26 Å². The number of nitrogens with one attached hydrogen (secondary N) is 1. The van der Waals surface area contributed by atoms with Crippen molar-refractivity contribution in [1.29, 1.82) is 5.26 Å². The molecule has 1 aliphatic rings. The lowest BCUT2D eigenvalue weighted by Gasteiger charge is -2.11. The average Bonchev–Trinajstić information content (AvgIpc) is 2.93. The van der Waals surface area contributed by atoms with Crippen molar-refractivity contribution in [2.75, 3.05) is 0 Å². The fourth-order valence-corrected chi connectivity index (χ4v) is 2.25. The van der Waals surface area contributed by atoms with Crippen molar-refractivity contribution in [3.05, 3.63) is 45.9 Å². The van der Waals surface area contributed by atoms with E-state index >= 15 is 0 Å². The second-order valence-electron chi connectivity index (χ2n) is 3.99. The van der Waals surface area contributed by atoms with E-state index in [0.29, 0.717) is 5.56 Å². The summed E-state index contributed by atoms with van der Waals surface area (Å²) in [7, 11) is 0. The van der Waals surface area contributed by atoms with E-state index in [1.165, 1.54) is 6.20 Å². The molecule has 0 saturated carbocycles. The van der Waals surface area contributed by atoms with Crippen LogP contribution in [0, 0.1) is 11.3 Å². The van der Waals surface area contributed by atoms with Crippen LogP contribution in [0.2, 0.25) is 0 Å². The van der Waals surface area contributed by atoms with Crippen LogP contribution in [-0.4, -0.2) is 19.7 Å². The van der Waals surface area contributed by atoms with Crippen molar-refractivity contribution in [2.24, 2.45) is 0 Å². The van der Waals surface area contributed by atoms with Gasteiger partial charge >= 0.3 is 5.69 Å². The van der Waals surface area contributed by atoms with Gasteiger partial charge in [-0.3, -0.25) is 9.55 Å². The first-order chi connectivity index (χ1) is 8.29. The maximum atomic E-state index is 11.6. The minimum atomic E-state index is -0.204. The molecule has 17 heavy (non-hydrogen) atoms. The van der Waals surface area contributed by atoms with Crippen LogP contribution in [0.1, 0.15) is 29.4 Å². The molecule has 1 unspecified atom stereocenters. The van der Waals surface area contributed by atoms with Gasteiger partial charge < -0.3 is 0 Å². The lowest BCUT2D eigenvalue weighted by molar-refractivity contribution is 0.595. The third-order valence-electron chi connectivity index (χ3n) is 3.00. The van der Waals surface area contributed by atoms with Crippen LogP contribution in [0.15, 0.2) is 23.3 Å². The number of nitriles is 1. The molecule has 2 aromatic rings. The van der Waals surface area contributed by atoms with Gasteiger partial charge in [0.25, 0.3) is 0 Å². The van der Waals surface area contributed by atoms with Crippen LogP contribution in [-0.2, 0) is 6.42 Å². The van der Waals surface area contributed by atoms with Gasteiger partial charge in [-0.05, 0) is 18.1 Å². The number of H-pyrrole nitrogens is 1. The highest BCUT2D eigenvalue weighted by Gasteiger charge is 2.27. The molecule has 0 aromatic carbocycles. The molecule has 2 aromatic heterocycles. The first kappa shape index (κ1) is 9.78. The maximum Gasteiger partial charge on any atom is 0.343 e. The molecular formula is C11H9N5O. The summed E-state index contributed by atoms with van der Waals surface area (Å²) in [6.45, 7) is 0. The number of rotatable bonds is 1. The average molecular weight is 227 g/mol. The number of aromatic nitrogens is 4. The summed E-state index contributed by atoms with van der Waals surface area (Å²) in [5.41, 5.74) is 1.18. The zero-order valence-corrected chi connectivity index (χ0v) is 8.92. The highest BCUT2D eigenvalue weighted by Crippen LogP contribution is 2.28. The fraction of sp³-hybridized carbons (Fsp3) is 0.273. The topological polar surface area (TPSA) is 87.4 Å². The molecule has 3 rings (SSSR count). The van der Waals surface area contributed by atoms with Crippen molar-refractivity contribution in [1.82, 2.24) is 19.7 Å². The van der Waals surface area contributed by atoms with E-state index in [2.05, 4.69) is 15.2 Å². The molecule has 1 aliphatic heterocycles. The van der Waals surface area contributed by atoms with Gasteiger partial charge in [-0.15, -0.1) is 0 Å². The van der Waals surface area contributed by atoms with Crippen molar-refractivity contribution < 1.29 is 0 Å². The Morgan fingerprint density at radius 1 is 1.53 bits per heavy atom. The zero-order chi connectivity index (χ0) is 11.8. The van der Waals surface area contributed by atoms with Gasteiger partial charge in [0.1, 0.15) is 11.9 Å². The van der Waals surface area contributed by atoms with Gasteiger partial charge in [0.2, 0.25) is 0 Å². The minimum absolute atomic E-state index is 0.0583. The third kappa shape index (κ3) is 1.44. The predicted octanol–water partition coefficient (Wildman–Crippen LogP) is 0.374. The molecular weight excluding hydrogens is 218 g/mol. The fourth-order valence-electron chi connectivity index (χ4n) is 2.25. The molecule has 0 spiro atoms. The van der Waals surface area contributed by atoms with Crippen LogP contribution >= 0.6 is 0 Å². The summed E-state index contributed by atoms with van der Waals surface area (Å²) in [5, 5.41) is 15.2. The molecule has 0 fully saturated rings. The Labute approximate surface area is 96.5 Å². The van der Waals surface area contributed by atoms with E-state index in [0.717, 1.165) is 24.2 Å². The molecule has 84 valence electrons. The van der Waals surface area contributed by atoms with Crippen LogP contribution < -0.4 is 5.69 Å². The highest BCUT2D eigenvalue weighted by atomic mass is 16.1. The Morgan fingerprint density at radius 2 is 2.41 bits per heavy atom. The van der Waals surface area contributed by atoms with E-state index in [1.807, 2.05) is 6.07 Å². The molecule has 0 amide bonds. The van der Waals surface area contributed by atoms with E-state index in [9.17, 15) is 4.79 Å². The van der Waals surface area contributed by atoms with Gasteiger partial charge in [-0.2, -0.15) is 10.4 Å². The quantitative estimate of drug-likeness (QED) is 0.762. The summed E-state index contributed by atoms with van der Waals surface area (Å²) in [6, 6.07) is 3.76. The summed E-state index contributed by atoms with van der Waals surface area (Å²) in [5.74, 6) is 0.766. The van der Waals surface area contributed by atoms with Crippen molar-refractivity contribution in [3.63, 3.8) is 0 Å². The number of hydrogen-bond acceptors (Lipinski definition) is 4. The molecule has 6 nitrogen and oxygen atoms in total. The largest absolute Gasteiger partial charge is 0.343 e.